The second-order valence-corrected chi connectivity index (χ2v) is 14.0. The number of rotatable bonds is 5. The fourth-order valence-electron chi connectivity index (χ4n) is 8.19. The molecule has 8 aromatic carbocycles. The Labute approximate surface area is 318 Å². The Morgan fingerprint density at radius 3 is 1.91 bits per heavy atom. The standard InChI is InChI=1S/C51H33N3O/c1-4-14-34(15-5-1)39-30-43(36-17-6-2-7-18-36)52-50(33-39)54-45-28-25-35-16-10-11-21-41(35)51(45)42-27-24-37(31-46(42)54)38-26-29-49-47(32-38)53(40-19-8-3-9-20-40)44-22-12-13-23-48(44)55-49/h1-33H. The Hall–Kier alpha value is -7.43. The number of anilines is 3. The largest absolute Gasteiger partial charge is 0.453 e. The number of fused-ring (bicyclic) bond motifs is 7. The van der Waals surface area contributed by atoms with E-state index >= 15 is 0 Å². The number of nitrogens with zero attached hydrogens (tertiary/aromatic N) is 3. The summed E-state index contributed by atoms with van der Waals surface area (Å²) in [6.07, 6.45) is 0. The van der Waals surface area contributed by atoms with E-state index in [1.165, 1.54) is 21.5 Å². The third kappa shape index (κ3) is 5.19. The molecule has 1 aliphatic heterocycles. The number of hydrogen-bond donors (Lipinski definition) is 0. The van der Waals surface area contributed by atoms with E-state index in [9.17, 15) is 0 Å². The first-order valence-corrected chi connectivity index (χ1v) is 18.6. The average molecular weight is 704 g/mol. The second kappa shape index (κ2) is 12.6. The minimum Gasteiger partial charge on any atom is -0.453 e. The first kappa shape index (κ1) is 31.1. The maximum atomic E-state index is 6.49. The van der Waals surface area contributed by atoms with Crippen LogP contribution in [0.3, 0.4) is 0 Å². The van der Waals surface area contributed by atoms with Gasteiger partial charge in [0.15, 0.2) is 11.5 Å². The van der Waals surface area contributed by atoms with E-state index in [-0.39, 0.29) is 0 Å². The van der Waals surface area contributed by atoms with Gasteiger partial charge in [0.05, 0.1) is 28.1 Å². The van der Waals surface area contributed by atoms with Gasteiger partial charge in [-0.15, -0.1) is 0 Å². The zero-order chi connectivity index (χ0) is 36.3. The fourth-order valence-corrected chi connectivity index (χ4v) is 8.19. The lowest BCUT2D eigenvalue weighted by atomic mass is 9.99. The molecule has 11 rings (SSSR count). The number of ether oxygens (including phenoxy) is 1. The zero-order valence-electron chi connectivity index (χ0n) is 29.8. The van der Waals surface area contributed by atoms with E-state index in [1.807, 2.05) is 12.1 Å². The van der Waals surface area contributed by atoms with Gasteiger partial charge in [0, 0.05) is 22.0 Å². The number of benzene rings is 8. The molecule has 1 aliphatic rings. The Balaban J connectivity index is 1.16. The highest BCUT2D eigenvalue weighted by molar-refractivity contribution is 6.21. The summed E-state index contributed by atoms with van der Waals surface area (Å²) in [5, 5.41) is 4.84. The summed E-state index contributed by atoms with van der Waals surface area (Å²) in [6, 6.07) is 70.8. The predicted molar refractivity (Wildman–Crippen MR) is 227 cm³/mol. The van der Waals surface area contributed by atoms with E-state index in [2.05, 4.69) is 198 Å². The Morgan fingerprint density at radius 1 is 0.400 bits per heavy atom. The van der Waals surface area contributed by atoms with Crippen molar-refractivity contribution in [3.8, 4) is 50.8 Å². The maximum absolute atomic E-state index is 6.49. The topological polar surface area (TPSA) is 30.3 Å². The van der Waals surface area contributed by atoms with E-state index < -0.39 is 0 Å². The van der Waals surface area contributed by atoms with Crippen LogP contribution >= 0.6 is 0 Å². The maximum Gasteiger partial charge on any atom is 0.151 e. The van der Waals surface area contributed by atoms with Crippen molar-refractivity contribution < 1.29 is 4.74 Å². The highest BCUT2D eigenvalue weighted by atomic mass is 16.5. The molecular weight excluding hydrogens is 671 g/mol. The van der Waals surface area contributed by atoms with Crippen molar-refractivity contribution in [1.29, 1.82) is 0 Å². The molecule has 55 heavy (non-hydrogen) atoms. The molecular formula is C51H33N3O. The lowest BCUT2D eigenvalue weighted by Gasteiger charge is -2.33. The van der Waals surface area contributed by atoms with Gasteiger partial charge < -0.3 is 9.64 Å². The van der Waals surface area contributed by atoms with Crippen LogP contribution in [0, 0.1) is 0 Å². The SMILES string of the molecule is c1ccc(-c2cc(-c3ccccc3)nc(-n3c4cc(-c5ccc6c(c5)N(c5ccccc5)c5ccccc5O6)ccc4c4c5ccccc5ccc43)c2)cc1. The molecule has 0 bridgehead atoms. The van der Waals surface area contributed by atoms with Crippen molar-refractivity contribution in [2.24, 2.45) is 0 Å². The van der Waals surface area contributed by atoms with Crippen LogP contribution in [0.2, 0.25) is 0 Å². The number of pyridine rings is 1. The van der Waals surface area contributed by atoms with E-state index in [4.69, 9.17) is 9.72 Å². The molecule has 2 aromatic heterocycles. The molecule has 3 heterocycles. The van der Waals surface area contributed by atoms with Gasteiger partial charge in [0.2, 0.25) is 0 Å². The fraction of sp³-hybridized carbons (Fsp3) is 0. The van der Waals surface area contributed by atoms with Crippen molar-refractivity contribution in [1.82, 2.24) is 9.55 Å². The molecule has 0 atom stereocenters. The minimum atomic E-state index is 0.823. The third-order valence-electron chi connectivity index (χ3n) is 10.7. The summed E-state index contributed by atoms with van der Waals surface area (Å²) in [5.41, 5.74) is 11.8. The van der Waals surface area contributed by atoms with E-state index in [1.54, 1.807) is 0 Å². The summed E-state index contributed by atoms with van der Waals surface area (Å²) in [4.78, 5) is 7.71. The zero-order valence-corrected chi connectivity index (χ0v) is 29.8. The highest BCUT2D eigenvalue weighted by Crippen LogP contribution is 2.51. The molecule has 4 nitrogen and oxygen atoms in total. The van der Waals surface area contributed by atoms with Crippen LogP contribution < -0.4 is 9.64 Å². The molecule has 4 heteroatoms. The van der Waals surface area contributed by atoms with Gasteiger partial charge in [-0.1, -0.05) is 140 Å². The molecule has 258 valence electrons. The van der Waals surface area contributed by atoms with Crippen LogP contribution in [0.5, 0.6) is 11.5 Å². The molecule has 0 spiro atoms. The monoisotopic (exact) mass is 703 g/mol. The molecule has 0 fully saturated rings. The third-order valence-corrected chi connectivity index (χ3v) is 10.7. The second-order valence-electron chi connectivity index (χ2n) is 14.0. The minimum absolute atomic E-state index is 0.823. The van der Waals surface area contributed by atoms with Crippen molar-refractivity contribution in [3.63, 3.8) is 0 Å². The van der Waals surface area contributed by atoms with Gasteiger partial charge in [-0.05, 0) is 93.7 Å². The molecule has 0 aliphatic carbocycles. The predicted octanol–water partition coefficient (Wildman–Crippen LogP) is 13.9. The number of aromatic nitrogens is 2. The van der Waals surface area contributed by atoms with E-state index in [0.29, 0.717) is 0 Å². The van der Waals surface area contributed by atoms with Crippen molar-refractivity contribution in [3.05, 3.63) is 200 Å². The van der Waals surface area contributed by atoms with Crippen molar-refractivity contribution in [2.75, 3.05) is 4.90 Å². The van der Waals surface area contributed by atoms with Crippen molar-refractivity contribution >= 4 is 49.6 Å². The lowest BCUT2D eigenvalue weighted by molar-refractivity contribution is 0.477. The summed E-state index contributed by atoms with van der Waals surface area (Å²) in [5.74, 6) is 2.53. The summed E-state index contributed by atoms with van der Waals surface area (Å²) in [6.45, 7) is 0. The summed E-state index contributed by atoms with van der Waals surface area (Å²) < 4.78 is 8.84. The van der Waals surface area contributed by atoms with Crippen LogP contribution in [0.25, 0.3) is 71.9 Å². The Morgan fingerprint density at radius 2 is 1.07 bits per heavy atom. The van der Waals surface area contributed by atoms with Gasteiger partial charge >= 0.3 is 0 Å². The first-order valence-electron chi connectivity index (χ1n) is 18.6. The highest BCUT2D eigenvalue weighted by Gasteiger charge is 2.26. The average Bonchev–Trinajstić information content (AvgIpc) is 3.60. The molecule has 0 amide bonds. The molecule has 10 aromatic rings. The first-order chi connectivity index (χ1) is 27.3. The molecule has 0 saturated carbocycles. The van der Waals surface area contributed by atoms with Crippen LogP contribution in [0.15, 0.2) is 200 Å². The van der Waals surface area contributed by atoms with Gasteiger partial charge in [0.25, 0.3) is 0 Å². The quantitative estimate of drug-likeness (QED) is 0.179. The number of para-hydroxylation sites is 3. The van der Waals surface area contributed by atoms with E-state index in [0.717, 1.165) is 78.9 Å². The van der Waals surface area contributed by atoms with Crippen LogP contribution in [0.4, 0.5) is 17.1 Å². The van der Waals surface area contributed by atoms with Gasteiger partial charge in [-0.3, -0.25) is 4.57 Å². The molecule has 0 N–H and O–H groups in total. The van der Waals surface area contributed by atoms with Crippen LogP contribution in [0.1, 0.15) is 0 Å². The van der Waals surface area contributed by atoms with Crippen molar-refractivity contribution in [2.45, 2.75) is 0 Å². The summed E-state index contributed by atoms with van der Waals surface area (Å²) in [7, 11) is 0. The van der Waals surface area contributed by atoms with Gasteiger partial charge in [-0.2, -0.15) is 0 Å². The smallest absolute Gasteiger partial charge is 0.151 e. The van der Waals surface area contributed by atoms with Crippen LogP contribution in [-0.4, -0.2) is 9.55 Å². The van der Waals surface area contributed by atoms with Gasteiger partial charge in [0.1, 0.15) is 5.82 Å². The van der Waals surface area contributed by atoms with Crippen LogP contribution in [-0.2, 0) is 0 Å². The molecule has 0 saturated heterocycles. The Kier molecular flexibility index (Phi) is 7.14. The number of hydrogen-bond acceptors (Lipinski definition) is 3. The Bertz CT molecular complexity index is 3000. The summed E-state index contributed by atoms with van der Waals surface area (Å²) >= 11 is 0. The lowest BCUT2D eigenvalue weighted by Crippen LogP contribution is -2.15. The molecule has 0 radical (unpaired) electrons. The normalized spacial score (nSPS) is 12.1. The van der Waals surface area contributed by atoms with Gasteiger partial charge in [-0.25, -0.2) is 4.98 Å². The molecule has 0 unspecified atom stereocenters.